The molecule has 2 aromatic carbocycles. The van der Waals surface area contributed by atoms with Crippen molar-refractivity contribution in [2.75, 3.05) is 12.4 Å². The van der Waals surface area contributed by atoms with Gasteiger partial charge in [0.25, 0.3) is 0 Å². The van der Waals surface area contributed by atoms with Crippen LogP contribution < -0.4 is 10.1 Å². The molecular weight excluding hydrogens is 370 g/mol. The van der Waals surface area contributed by atoms with Gasteiger partial charge in [-0.25, -0.2) is 0 Å². The zero-order chi connectivity index (χ0) is 19.9. The molecule has 3 aromatic rings. The average molecular weight is 391 g/mol. The van der Waals surface area contributed by atoms with Crippen LogP contribution in [0.15, 0.2) is 53.9 Å². The van der Waals surface area contributed by atoms with Gasteiger partial charge in [-0.1, -0.05) is 49.4 Å². The molecule has 5 heteroatoms. The summed E-state index contributed by atoms with van der Waals surface area (Å²) in [4.78, 5) is 26.5. The number of anilines is 1. The molecule has 142 valence electrons. The van der Waals surface area contributed by atoms with E-state index in [0.717, 1.165) is 23.3 Å². The maximum absolute atomic E-state index is 13.6. The summed E-state index contributed by atoms with van der Waals surface area (Å²) in [5, 5.41) is 5.46. The molecule has 4 nitrogen and oxygen atoms in total. The molecule has 1 atom stereocenters. The van der Waals surface area contributed by atoms with Crippen LogP contribution in [0.1, 0.15) is 35.3 Å². The molecule has 0 saturated carbocycles. The molecule has 0 spiro atoms. The zero-order valence-corrected chi connectivity index (χ0v) is 16.9. The monoisotopic (exact) mass is 391 g/mol. The Hall–Kier alpha value is -2.92. The first-order valence-corrected chi connectivity index (χ1v) is 10.1. The summed E-state index contributed by atoms with van der Waals surface area (Å²) in [5.74, 6) is 0.249. The highest BCUT2D eigenvalue weighted by molar-refractivity contribution is 7.15. The van der Waals surface area contributed by atoms with E-state index in [9.17, 15) is 9.59 Å². The molecule has 1 unspecified atom stereocenters. The topological polar surface area (TPSA) is 55.4 Å². The Morgan fingerprint density at radius 3 is 2.50 bits per heavy atom. The first kappa shape index (κ1) is 18.4. The van der Waals surface area contributed by atoms with Crippen LogP contribution in [0.2, 0.25) is 0 Å². The summed E-state index contributed by atoms with van der Waals surface area (Å²) in [6.45, 7) is 3.78. The first-order valence-electron chi connectivity index (χ1n) is 9.21. The molecule has 0 saturated heterocycles. The lowest BCUT2D eigenvalue weighted by Gasteiger charge is -2.32. The van der Waals surface area contributed by atoms with Crippen molar-refractivity contribution in [3.8, 4) is 16.9 Å². The number of benzene rings is 2. The molecule has 0 aliphatic carbocycles. The molecule has 28 heavy (non-hydrogen) atoms. The van der Waals surface area contributed by atoms with Crippen LogP contribution in [0.5, 0.6) is 5.75 Å². The molecule has 0 bridgehead atoms. The van der Waals surface area contributed by atoms with Crippen molar-refractivity contribution in [2.24, 2.45) is 0 Å². The van der Waals surface area contributed by atoms with Crippen LogP contribution in [0.4, 0.5) is 5.00 Å². The van der Waals surface area contributed by atoms with Gasteiger partial charge >= 0.3 is 0 Å². The average Bonchev–Trinajstić information content (AvgIpc) is 3.15. The molecule has 1 aromatic heterocycles. The van der Waals surface area contributed by atoms with Gasteiger partial charge in [-0.2, -0.15) is 0 Å². The predicted molar refractivity (Wildman–Crippen MR) is 112 cm³/mol. The van der Waals surface area contributed by atoms with Gasteiger partial charge < -0.3 is 10.1 Å². The fraction of sp³-hybridized carbons (Fsp3) is 0.217. The third-order valence-electron chi connectivity index (χ3n) is 5.47. The minimum Gasteiger partial charge on any atom is -0.496 e. The normalized spacial score (nSPS) is 18.5. The Labute approximate surface area is 168 Å². The Kier molecular flexibility index (Phi) is 4.55. The maximum atomic E-state index is 13.6. The highest BCUT2D eigenvalue weighted by Crippen LogP contribution is 2.46. The highest BCUT2D eigenvalue weighted by atomic mass is 32.1. The van der Waals surface area contributed by atoms with Crippen LogP contribution in [0.3, 0.4) is 0 Å². The van der Waals surface area contributed by atoms with Gasteiger partial charge in [0.05, 0.1) is 12.7 Å². The summed E-state index contributed by atoms with van der Waals surface area (Å²) >= 11 is 1.37. The summed E-state index contributed by atoms with van der Waals surface area (Å²) in [6.07, 6.45) is 0.902. The van der Waals surface area contributed by atoms with E-state index in [4.69, 9.17) is 4.74 Å². The molecule has 1 aliphatic heterocycles. The number of nitrogens with one attached hydrogen (secondary N) is 1. The number of ketones is 1. The van der Waals surface area contributed by atoms with Gasteiger partial charge in [-0.15, -0.1) is 11.3 Å². The molecule has 4 rings (SSSR count). The second-order valence-corrected chi connectivity index (χ2v) is 7.90. The third-order valence-corrected chi connectivity index (χ3v) is 6.36. The Bertz CT molecular complexity index is 1070. The minimum atomic E-state index is -1.26. The van der Waals surface area contributed by atoms with E-state index < -0.39 is 5.41 Å². The first-order chi connectivity index (χ1) is 13.5. The van der Waals surface area contributed by atoms with Crippen LogP contribution in [-0.4, -0.2) is 18.8 Å². The van der Waals surface area contributed by atoms with E-state index in [1.165, 1.54) is 16.9 Å². The van der Waals surface area contributed by atoms with Gasteiger partial charge in [0.15, 0.2) is 5.78 Å². The predicted octanol–water partition coefficient (Wildman–Crippen LogP) is 5.08. The van der Waals surface area contributed by atoms with Crippen molar-refractivity contribution in [2.45, 2.75) is 25.7 Å². The molecule has 1 amide bonds. The van der Waals surface area contributed by atoms with Crippen molar-refractivity contribution in [1.82, 2.24) is 0 Å². The Morgan fingerprint density at radius 1 is 1.07 bits per heavy atom. The van der Waals surface area contributed by atoms with Crippen molar-refractivity contribution in [1.29, 1.82) is 0 Å². The number of hydrogen-bond donors (Lipinski definition) is 1. The third kappa shape index (κ3) is 2.66. The number of methoxy groups -OCH3 is 1. The summed E-state index contributed by atoms with van der Waals surface area (Å²) < 4.78 is 5.60. The van der Waals surface area contributed by atoms with Crippen molar-refractivity contribution < 1.29 is 14.3 Å². The number of rotatable bonds is 4. The van der Waals surface area contributed by atoms with Crippen molar-refractivity contribution >= 4 is 28.0 Å². The van der Waals surface area contributed by atoms with Crippen LogP contribution in [-0.2, 0) is 16.6 Å². The highest BCUT2D eigenvalue weighted by Gasteiger charge is 2.49. The molecule has 0 fully saturated rings. The Morgan fingerprint density at radius 2 is 1.82 bits per heavy atom. The smallest absolute Gasteiger partial charge is 0.243 e. The summed E-state index contributed by atoms with van der Waals surface area (Å²) in [6, 6.07) is 15.3. The van der Waals surface area contributed by atoms with Crippen LogP contribution in [0, 0.1) is 0 Å². The molecule has 0 radical (unpaired) electrons. The SMILES string of the molecule is CCc1ccc(-c2csc3c2C(=O)C(C)(c2ccccc2)C(=O)N3)c(OC)c1. The lowest BCUT2D eigenvalue weighted by molar-refractivity contribution is -0.119. The van der Waals surface area contributed by atoms with E-state index >= 15 is 0 Å². The maximum Gasteiger partial charge on any atom is 0.243 e. The molecule has 2 heterocycles. The lowest BCUT2D eigenvalue weighted by atomic mass is 9.73. The van der Waals surface area contributed by atoms with Crippen LogP contribution >= 0.6 is 11.3 Å². The number of fused-ring (bicyclic) bond motifs is 1. The number of thiophene rings is 1. The van der Waals surface area contributed by atoms with E-state index in [1.807, 2.05) is 53.9 Å². The summed E-state index contributed by atoms with van der Waals surface area (Å²) in [7, 11) is 1.63. The van der Waals surface area contributed by atoms with Gasteiger partial charge in [0.2, 0.25) is 5.91 Å². The standard InChI is InChI=1S/C23H21NO3S/c1-4-14-10-11-16(18(12-14)27-3)17-13-28-21-19(17)20(25)23(2,22(26)24-21)15-8-6-5-7-9-15/h5-13H,4H2,1-3H3,(H,24,26). The number of aryl methyl sites for hydroxylation is 1. The van der Waals surface area contributed by atoms with Gasteiger partial charge in [-0.3, -0.25) is 9.59 Å². The fourth-order valence-corrected chi connectivity index (χ4v) is 4.62. The van der Waals surface area contributed by atoms with Gasteiger partial charge in [0, 0.05) is 16.5 Å². The quantitative estimate of drug-likeness (QED) is 0.631. The van der Waals surface area contributed by atoms with Crippen LogP contribution in [0.25, 0.3) is 11.1 Å². The largest absolute Gasteiger partial charge is 0.496 e. The van der Waals surface area contributed by atoms with E-state index in [-0.39, 0.29) is 11.7 Å². The number of hydrogen-bond acceptors (Lipinski definition) is 4. The number of carbonyl (C=O) groups excluding carboxylic acids is 2. The van der Waals surface area contributed by atoms with Crippen molar-refractivity contribution in [3.63, 3.8) is 0 Å². The lowest BCUT2D eigenvalue weighted by Crippen LogP contribution is -2.48. The molecule has 1 N–H and O–H groups in total. The van der Waals surface area contributed by atoms with Gasteiger partial charge in [0.1, 0.15) is 16.2 Å². The number of ether oxygens (including phenoxy) is 1. The second kappa shape index (κ2) is 6.91. The van der Waals surface area contributed by atoms with E-state index in [0.29, 0.717) is 16.1 Å². The Balaban J connectivity index is 1.89. The number of Topliss-reactive ketones (excluding diaryl/α,β-unsaturated/α-hetero) is 1. The summed E-state index contributed by atoms with van der Waals surface area (Å²) in [5.41, 5.74) is 2.80. The molecule has 1 aliphatic rings. The fourth-order valence-electron chi connectivity index (χ4n) is 3.67. The number of carbonyl (C=O) groups is 2. The van der Waals surface area contributed by atoms with E-state index in [2.05, 4.69) is 12.2 Å². The number of amides is 1. The van der Waals surface area contributed by atoms with E-state index in [1.54, 1.807) is 14.0 Å². The van der Waals surface area contributed by atoms with Crippen molar-refractivity contribution in [3.05, 3.63) is 70.6 Å². The van der Waals surface area contributed by atoms with Gasteiger partial charge in [-0.05, 0) is 30.5 Å². The zero-order valence-electron chi connectivity index (χ0n) is 16.0. The minimum absolute atomic E-state index is 0.185. The second-order valence-electron chi connectivity index (χ2n) is 7.02. The molecular formula is C23H21NO3S.